The van der Waals surface area contributed by atoms with Gasteiger partial charge >= 0.3 is 0 Å². The second kappa shape index (κ2) is 7.39. The molecule has 2 aliphatic rings. The number of guanidine groups is 1. The van der Waals surface area contributed by atoms with E-state index in [0.717, 1.165) is 61.2 Å². The highest BCUT2D eigenvalue weighted by Gasteiger charge is 2.32. The molecule has 0 amide bonds. The molecular formula is C17H26ClN5. The van der Waals surface area contributed by atoms with Crippen molar-refractivity contribution in [2.24, 2.45) is 16.8 Å². The predicted molar refractivity (Wildman–Crippen MR) is 96.3 cm³/mol. The molecule has 3 unspecified atom stereocenters. The van der Waals surface area contributed by atoms with Crippen LogP contribution in [0.3, 0.4) is 0 Å². The van der Waals surface area contributed by atoms with Crippen molar-refractivity contribution in [1.29, 1.82) is 0 Å². The minimum absolute atomic E-state index is 0.377. The van der Waals surface area contributed by atoms with Crippen LogP contribution in [0.5, 0.6) is 0 Å². The van der Waals surface area contributed by atoms with Gasteiger partial charge in [0.25, 0.3) is 0 Å². The molecule has 0 aromatic carbocycles. The van der Waals surface area contributed by atoms with Gasteiger partial charge in [0.2, 0.25) is 0 Å². The van der Waals surface area contributed by atoms with E-state index < -0.39 is 0 Å². The van der Waals surface area contributed by atoms with Gasteiger partial charge in [0.15, 0.2) is 5.96 Å². The molecule has 1 aliphatic heterocycles. The first kappa shape index (κ1) is 16.4. The SMILES string of the molecule is CCNC(=NCC1CC1C)NC1CCN(c2ncccc2Cl)C1. The largest absolute Gasteiger partial charge is 0.357 e. The van der Waals surface area contributed by atoms with Crippen LogP contribution >= 0.6 is 11.6 Å². The molecule has 23 heavy (non-hydrogen) atoms. The minimum atomic E-state index is 0.377. The number of halogens is 1. The molecule has 6 heteroatoms. The van der Waals surface area contributed by atoms with Crippen molar-refractivity contribution in [3.8, 4) is 0 Å². The smallest absolute Gasteiger partial charge is 0.191 e. The van der Waals surface area contributed by atoms with Crippen molar-refractivity contribution in [3.05, 3.63) is 23.4 Å². The molecule has 1 aromatic heterocycles. The molecular weight excluding hydrogens is 310 g/mol. The zero-order valence-corrected chi connectivity index (χ0v) is 14.7. The van der Waals surface area contributed by atoms with Crippen molar-refractivity contribution in [2.75, 3.05) is 31.1 Å². The maximum absolute atomic E-state index is 6.25. The van der Waals surface area contributed by atoms with Crippen LogP contribution in [0.25, 0.3) is 0 Å². The fraction of sp³-hybridized carbons (Fsp3) is 0.647. The Morgan fingerprint density at radius 1 is 1.52 bits per heavy atom. The summed E-state index contributed by atoms with van der Waals surface area (Å²) in [5.41, 5.74) is 0. The molecule has 0 bridgehead atoms. The van der Waals surface area contributed by atoms with E-state index in [9.17, 15) is 0 Å². The molecule has 2 fully saturated rings. The van der Waals surface area contributed by atoms with E-state index in [1.807, 2.05) is 12.1 Å². The van der Waals surface area contributed by atoms with Crippen molar-refractivity contribution in [3.63, 3.8) is 0 Å². The molecule has 1 aliphatic carbocycles. The van der Waals surface area contributed by atoms with Gasteiger partial charge in [-0.05, 0) is 43.7 Å². The van der Waals surface area contributed by atoms with Crippen LogP contribution in [0.4, 0.5) is 5.82 Å². The van der Waals surface area contributed by atoms with Crippen molar-refractivity contribution in [1.82, 2.24) is 15.6 Å². The highest BCUT2D eigenvalue weighted by Crippen LogP contribution is 2.37. The molecule has 1 saturated heterocycles. The van der Waals surface area contributed by atoms with Crippen LogP contribution in [0.2, 0.25) is 5.02 Å². The lowest BCUT2D eigenvalue weighted by molar-refractivity contribution is 0.644. The summed E-state index contributed by atoms with van der Waals surface area (Å²) in [5, 5.41) is 7.63. The standard InChI is InChI=1S/C17H26ClN5/c1-3-19-17(21-10-13-9-12(13)2)22-14-6-8-23(11-14)16-15(18)5-4-7-20-16/h4-5,7,12-14H,3,6,8-11H2,1-2H3,(H2,19,21,22). The fourth-order valence-corrected chi connectivity index (χ4v) is 3.30. The molecule has 0 spiro atoms. The normalized spacial score (nSPS) is 27.2. The summed E-state index contributed by atoms with van der Waals surface area (Å²) in [5.74, 6) is 3.44. The second-order valence-electron chi connectivity index (χ2n) is 6.58. The summed E-state index contributed by atoms with van der Waals surface area (Å²) in [6, 6.07) is 4.14. The summed E-state index contributed by atoms with van der Waals surface area (Å²) in [4.78, 5) is 11.4. The van der Waals surface area contributed by atoms with Gasteiger partial charge in [0.05, 0.1) is 5.02 Å². The third-order valence-corrected chi connectivity index (χ3v) is 4.97. The Morgan fingerprint density at radius 2 is 2.35 bits per heavy atom. The third kappa shape index (κ3) is 4.28. The van der Waals surface area contributed by atoms with Gasteiger partial charge in [0, 0.05) is 38.4 Å². The van der Waals surface area contributed by atoms with Gasteiger partial charge in [-0.2, -0.15) is 0 Å². The van der Waals surface area contributed by atoms with E-state index in [-0.39, 0.29) is 0 Å². The summed E-state index contributed by atoms with van der Waals surface area (Å²) in [6.45, 7) is 8.08. The zero-order chi connectivity index (χ0) is 16.2. The van der Waals surface area contributed by atoms with E-state index in [2.05, 4.69) is 34.4 Å². The number of rotatable bonds is 5. The molecule has 1 aromatic rings. The predicted octanol–water partition coefficient (Wildman–Crippen LogP) is 2.52. The lowest BCUT2D eigenvalue weighted by Gasteiger charge is -2.20. The Hall–Kier alpha value is -1.49. The van der Waals surface area contributed by atoms with Crippen LogP contribution in [-0.4, -0.2) is 43.2 Å². The highest BCUT2D eigenvalue weighted by atomic mass is 35.5. The summed E-state index contributed by atoms with van der Waals surface area (Å²) in [7, 11) is 0. The summed E-state index contributed by atoms with van der Waals surface area (Å²) < 4.78 is 0. The lowest BCUT2D eigenvalue weighted by Crippen LogP contribution is -2.44. The first-order chi connectivity index (χ1) is 11.2. The van der Waals surface area contributed by atoms with Crippen LogP contribution in [0.1, 0.15) is 26.7 Å². The number of pyridine rings is 1. The summed E-state index contributed by atoms with van der Waals surface area (Å²) >= 11 is 6.25. The Bertz CT molecular complexity index is 562. The maximum atomic E-state index is 6.25. The molecule has 1 saturated carbocycles. The van der Waals surface area contributed by atoms with Crippen molar-refractivity contribution < 1.29 is 0 Å². The third-order valence-electron chi connectivity index (χ3n) is 4.67. The lowest BCUT2D eigenvalue weighted by atomic mass is 10.3. The van der Waals surface area contributed by atoms with Crippen LogP contribution in [0, 0.1) is 11.8 Å². The van der Waals surface area contributed by atoms with Gasteiger partial charge in [0.1, 0.15) is 5.82 Å². The molecule has 2 heterocycles. The first-order valence-electron chi connectivity index (χ1n) is 8.57. The monoisotopic (exact) mass is 335 g/mol. The molecule has 126 valence electrons. The molecule has 0 radical (unpaired) electrons. The zero-order valence-electron chi connectivity index (χ0n) is 13.9. The van der Waals surface area contributed by atoms with Gasteiger partial charge in [-0.15, -0.1) is 0 Å². The van der Waals surface area contributed by atoms with Gasteiger partial charge in [-0.25, -0.2) is 4.98 Å². The van der Waals surface area contributed by atoms with Gasteiger partial charge in [-0.3, -0.25) is 4.99 Å². The number of aromatic nitrogens is 1. The molecule has 3 rings (SSSR count). The van der Waals surface area contributed by atoms with Gasteiger partial charge < -0.3 is 15.5 Å². The average molecular weight is 336 g/mol. The topological polar surface area (TPSA) is 52.6 Å². The van der Waals surface area contributed by atoms with Crippen LogP contribution in [0.15, 0.2) is 23.3 Å². The number of hydrogen-bond acceptors (Lipinski definition) is 3. The number of nitrogens with one attached hydrogen (secondary N) is 2. The Kier molecular flexibility index (Phi) is 5.26. The van der Waals surface area contributed by atoms with E-state index in [1.54, 1.807) is 6.20 Å². The quantitative estimate of drug-likeness (QED) is 0.641. The molecule has 5 nitrogen and oxygen atoms in total. The highest BCUT2D eigenvalue weighted by molar-refractivity contribution is 6.32. The first-order valence-corrected chi connectivity index (χ1v) is 8.95. The number of hydrogen-bond donors (Lipinski definition) is 2. The molecule has 2 N–H and O–H groups in total. The van der Waals surface area contributed by atoms with Crippen molar-refractivity contribution in [2.45, 2.75) is 32.7 Å². The number of aliphatic imine (C=N–C) groups is 1. The Morgan fingerprint density at radius 3 is 3.04 bits per heavy atom. The van der Waals surface area contributed by atoms with Gasteiger partial charge in [-0.1, -0.05) is 18.5 Å². The average Bonchev–Trinajstić information content (AvgIpc) is 3.05. The van der Waals surface area contributed by atoms with Crippen molar-refractivity contribution >= 4 is 23.4 Å². The van der Waals surface area contributed by atoms with Crippen LogP contribution in [-0.2, 0) is 0 Å². The maximum Gasteiger partial charge on any atom is 0.191 e. The van der Waals surface area contributed by atoms with E-state index >= 15 is 0 Å². The molecule has 3 atom stereocenters. The van der Waals surface area contributed by atoms with E-state index in [1.165, 1.54) is 6.42 Å². The van der Waals surface area contributed by atoms with Crippen LogP contribution < -0.4 is 15.5 Å². The Labute approximate surface area is 143 Å². The Balaban J connectivity index is 1.56. The summed E-state index contributed by atoms with van der Waals surface area (Å²) in [6.07, 6.45) is 4.18. The van der Waals surface area contributed by atoms with E-state index in [4.69, 9.17) is 16.6 Å². The van der Waals surface area contributed by atoms with E-state index in [0.29, 0.717) is 6.04 Å². The number of nitrogens with zero attached hydrogens (tertiary/aromatic N) is 3. The fourth-order valence-electron chi connectivity index (χ4n) is 3.06. The number of anilines is 1. The second-order valence-corrected chi connectivity index (χ2v) is 6.98. The minimum Gasteiger partial charge on any atom is -0.357 e.